The molecule has 0 unspecified atom stereocenters. The zero-order chi connectivity index (χ0) is 26.4. The summed E-state index contributed by atoms with van der Waals surface area (Å²) < 4.78 is 20.7. The number of H-pyrrole nitrogens is 1. The second-order valence-corrected chi connectivity index (χ2v) is 9.31. The molecular weight excluding hydrogens is 544 g/mol. The van der Waals surface area contributed by atoms with Crippen molar-refractivity contribution in [1.82, 2.24) is 19.7 Å². The van der Waals surface area contributed by atoms with Gasteiger partial charge in [-0.3, -0.25) is 9.78 Å². The van der Waals surface area contributed by atoms with Gasteiger partial charge in [0, 0.05) is 16.0 Å². The van der Waals surface area contributed by atoms with E-state index in [1.807, 2.05) is 13.0 Å². The molecule has 3 N–H and O–H groups in total. The number of pyridine rings is 1. The Morgan fingerprint density at radius 1 is 1.00 bits per heavy atom. The van der Waals surface area contributed by atoms with Crippen LogP contribution < -0.4 is 21.7 Å². The molecule has 5 rings (SSSR count). The molecule has 0 fully saturated rings. The van der Waals surface area contributed by atoms with Gasteiger partial charge in [0.1, 0.15) is 11.6 Å². The van der Waals surface area contributed by atoms with Crippen LogP contribution in [0.4, 0.5) is 10.2 Å². The van der Waals surface area contributed by atoms with Crippen molar-refractivity contribution in [2.24, 2.45) is 0 Å². The average Bonchev–Trinajstić information content (AvgIpc) is 2.83. The van der Waals surface area contributed by atoms with Gasteiger partial charge >= 0.3 is 5.69 Å². The molecule has 0 aliphatic heterocycles. The Morgan fingerprint density at radius 3 is 2.43 bits per heavy atom. The van der Waals surface area contributed by atoms with Crippen LogP contribution in [0, 0.1) is 12.7 Å². The van der Waals surface area contributed by atoms with Crippen molar-refractivity contribution in [3.05, 3.63) is 102 Å². The molecule has 0 aliphatic rings. The molecule has 0 bridgehead atoms. The first-order valence-electron chi connectivity index (χ1n) is 10.6. The number of benzene rings is 3. The lowest BCUT2D eigenvalue weighted by atomic mass is 10.0. The fourth-order valence-corrected chi connectivity index (χ4v) is 4.53. The van der Waals surface area contributed by atoms with Crippen LogP contribution in [-0.2, 0) is 0 Å². The number of rotatable bonds is 4. The van der Waals surface area contributed by atoms with E-state index in [1.54, 1.807) is 24.3 Å². The largest absolute Gasteiger partial charge is 0.454 e. The standard InChI is InChI=1S/C25H15Cl3FN5O3/c1-11-4-21(12-5-13(26)7-14(29)6-12)31-20-3-2-16(10-17(11)20)37-22-18(27)8-15(9-19(22)28)34-25(36)32-24(35)23(30)33-34/h2-10H,1H3,(H2,30,33)(H,32,35,36). The van der Waals surface area contributed by atoms with Gasteiger partial charge in [-0.15, -0.1) is 5.10 Å². The molecule has 0 radical (unpaired) electrons. The maximum absolute atomic E-state index is 13.8. The number of hydrogen-bond acceptors (Lipinski definition) is 6. The monoisotopic (exact) mass is 557 g/mol. The van der Waals surface area contributed by atoms with Crippen molar-refractivity contribution < 1.29 is 9.13 Å². The molecule has 186 valence electrons. The van der Waals surface area contributed by atoms with Gasteiger partial charge in [0.2, 0.25) is 5.82 Å². The summed E-state index contributed by atoms with van der Waals surface area (Å²) in [5.41, 5.74) is 6.76. The van der Waals surface area contributed by atoms with Crippen LogP contribution in [0.2, 0.25) is 15.1 Å². The highest BCUT2D eigenvalue weighted by Gasteiger charge is 2.16. The highest BCUT2D eigenvalue weighted by Crippen LogP contribution is 2.39. The number of nitrogens with two attached hydrogens (primary N) is 1. The minimum absolute atomic E-state index is 0.0919. The Morgan fingerprint density at radius 2 is 1.73 bits per heavy atom. The highest BCUT2D eigenvalue weighted by atomic mass is 35.5. The van der Waals surface area contributed by atoms with E-state index in [9.17, 15) is 14.0 Å². The zero-order valence-corrected chi connectivity index (χ0v) is 21.1. The van der Waals surface area contributed by atoms with E-state index in [0.717, 1.165) is 15.6 Å². The minimum Gasteiger partial charge on any atom is -0.454 e. The summed E-state index contributed by atoms with van der Waals surface area (Å²) in [6, 6.07) is 14.1. The third-order valence-corrected chi connectivity index (χ3v) is 6.23. The van der Waals surface area contributed by atoms with E-state index in [-0.39, 0.29) is 26.5 Å². The predicted octanol–water partition coefficient (Wildman–Crippen LogP) is 5.92. The third kappa shape index (κ3) is 4.89. The summed E-state index contributed by atoms with van der Waals surface area (Å²) in [5, 5.41) is 5.03. The summed E-state index contributed by atoms with van der Waals surface area (Å²) in [7, 11) is 0. The van der Waals surface area contributed by atoms with Crippen LogP contribution in [0.5, 0.6) is 11.5 Å². The van der Waals surface area contributed by atoms with Gasteiger partial charge in [0.15, 0.2) is 5.75 Å². The number of hydrogen-bond donors (Lipinski definition) is 2. The summed E-state index contributed by atoms with van der Waals surface area (Å²) in [6.07, 6.45) is 0. The smallest absolute Gasteiger partial charge is 0.349 e. The summed E-state index contributed by atoms with van der Waals surface area (Å²) in [4.78, 5) is 30.3. The van der Waals surface area contributed by atoms with Gasteiger partial charge in [-0.05, 0) is 67.1 Å². The van der Waals surface area contributed by atoms with Crippen molar-refractivity contribution in [1.29, 1.82) is 0 Å². The van der Waals surface area contributed by atoms with Crippen molar-refractivity contribution in [3.8, 4) is 28.4 Å². The van der Waals surface area contributed by atoms with E-state index in [2.05, 4.69) is 15.1 Å². The number of nitrogens with zero attached hydrogens (tertiary/aromatic N) is 3. The van der Waals surface area contributed by atoms with E-state index < -0.39 is 22.9 Å². The van der Waals surface area contributed by atoms with E-state index in [1.165, 1.54) is 24.3 Å². The number of fused-ring (bicyclic) bond motifs is 1. The summed E-state index contributed by atoms with van der Waals surface area (Å²) in [5.74, 6) is -0.265. The number of halogens is 4. The van der Waals surface area contributed by atoms with E-state index >= 15 is 0 Å². The van der Waals surface area contributed by atoms with Crippen molar-refractivity contribution >= 4 is 51.5 Å². The second-order valence-electron chi connectivity index (χ2n) is 8.06. The maximum atomic E-state index is 13.8. The molecule has 5 aromatic rings. The summed E-state index contributed by atoms with van der Waals surface area (Å²) >= 11 is 18.8. The Hall–Kier alpha value is -3.92. The number of nitrogen functional groups attached to an aromatic ring is 1. The lowest BCUT2D eigenvalue weighted by Gasteiger charge is -2.13. The van der Waals surface area contributed by atoms with Crippen molar-refractivity contribution in [2.45, 2.75) is 6.92 Å². The van der Waals surface area contributed by atoms with Gasteiger partial charge in [-0.25, -0.2) is 14.2 Å². The van der Waals surface area contributed by atoms with Gasteiger partial charge in [0.25, 0.3) is 5.56 Å². The Balaban J connectivity index is 1.50. The number of anilines is 1. The van der Waals surface area contributed by atoms with Crippen LogP contribution in [0.3, 0.4) is 0 Å². The molecule has 37 heavy (non-hydrogen) atoms. The molecule has 2 aromatic heterocycles. The Bertz CT molecular complexity index is 1790. The van der Waals surface area contributed by atoms with Crippen LogP contribution in [0.15, 0.2) is 64.2 Å². The number of aryl methyl sites for hydroxylation is 1. The zero-order valence-electron chi connectivity index (χ0n) is 18.9. The second kappa shape index (κ2) is 9.51. The fraction of sp³-hybridized carbons (Fsp3) is 0.0400. The van der Waals surface area contributed by atoms with Gasteiger partial charge < -0.3 is 10.5 Å². The quantitative estimate of drug-likeness (QED) is 0.283. The predicted molar refractivity (Wildman–Crippen MR) is 142 cm³/mol. The van der Waals surface area contributed by atoms with Crippen molar-refractivity contribution in [2.75, 3.05) is 5.73 Å². The molecule has 0 atom stereocenters. The van der Waals surface area contributed by atoms with Crippen LogP contribution >= 0.6 is 34.8 Å². The first kappa shape index (κ1) is 24.8. The SMILES string of the molecule is Cc1cc(-c2cc(F)cc(Cl)c2)nc2ccc(Oc3c(Cl)cc(-n4nc(N)c(=O)[nH]c4=O)cc3Cl)cc12. The van der Waals surface area contributed by atoms with Crippen LogP contribution in [0.25, 0.3) is 27.8 Å². The van der Waals surface area contributed by atoms with E-state index in [0.29, 0.717) is 22.5 Å². The molecule has 0 amide bonds. The maximum Gasteiger partial charge on any atom is 0.349 e. The third-order valence-electron chi connectivity index (χ3n) is 5.45. The summed E-state index contributed by atoms with van der Waals surface area (Å²) in [6.45, 7) is 1.90. The molecule has 3 aromatic carbocycles. The molecule has 0 saturated heterocycles. The molecule has 12 heteroatoms. The highest BCUT2D eigenvalue weighted by molar-refractivity contribution is 6.37. The fourth-order valence-electron chi connectivity index (χ4n) is 3.76. The molecule has 0 saturated carbocycles. The van der Waals surface area contributed by atoms with Gasteiger partial charge in [-0.1, -0.05) is 34.8 Å². The van der Waals surface area contributed by atoms with Gasteiger partial charge in [-0.2, -0.15) is 4.68 Å². The topological polar surface area (TPSA) is 116 Å². The molecule has 0 aliphatic carbocycles. The van der Waals surface area contributed by atoms with Crippen molar-refractivity contribution in [3.63, 3.8) is 0 Å². The molecule has 2 heterocycles. The lowest BCUT2D eigenvalue weighted by Crippen LogP contribution is -2.33. The minimum atomic E-state index is -0.808. The normalized spacial score (nSPS) is 11.2. The molecule has 0 spiro atoms. The number of aromatic amines is 1. The first-order chi connectivity index (χ1) is 17.6. The Kier molecular flexibility index (Phi) is 6.36. The number of nitrogens with one attached hydrogen (secondary N) is 1. The number of aromatic nitrogens is 4. The van der Waals surface area contributed by atoms with Gasteiger partial charge in [0.05, 0.1) is 26.9 Å². The molecule has 8 nitrogen and oxygen atoms in total. The lowest BCUT2D eigenvalue weighted by molar-refractivity contribution is 0.483. The van der Waals surface area contributed by atoms with E-state index in [4.69, 9.17) is 45.3 Å². The Labute approximate surface area is 223 Å². The van der Waals surface area contributed by atoms with Crippen LogP contribution in [0.1, 0.15) is 5.56 Å². The first-order valence-corrected chi connectivity index (χ1v) is 11.8. The van der Waals surface area contributed by atoms with Crippen LogP contribution in [-0.4, -0.2) is 19.7 Å². The average molecular weight is 559 g/mol. The molecular formula is C25H15Cl3FN5O3. The number of ether oxygens (including phenoxy) is 1.